The summed E-state index contributed by atoms with van der Waals surface area (Å²) in [4.78, 5) is 1.02. The number of thiol groups is 1. The first-order valence-electron chi connectivity index (χ1n) is 3.99. The van der Waals surface area contributed by atoms with Crippen LogP contribution in [0, 0.1) is 0 Å². The molecule has 0 saturated carbocycles. The Bertz CT molecular complexity index is 321. The molecule has 0 spiro atoms. The quantitative estimate of drug-likeness (QED) is 0.540. The highest BCUT2D eigenvalue weighted by molar-refractivity contribution is 7.84. The average molecular weight is 177 g/mol. The Kier molecular flexibility index (Phi) is 1.85. The second-order valence-corrected chi connectivity index (χ2v) is 3.58. The van der Waals surface area contributed by atoms with Gasteiger partial charge in [-0.15, -0.1) is 12.6 Å². The van der Waals surface area contributed by atoms with E-state index in [1.54, 1.807) is 0 Å². The molecule has 1 nitrogen and oxygen atoms in total. The van der Waals surface area contributed by atoms with Crippen molar-refractivity contribution in [3.05, 3.63) is 46.6 Å². The number of allylic oxidation sites excluding steroid dienone is 4. The molecule has 0 saturated heterocycles. The maximum Gasteiger partial charge on any atom is 0.0698 e. The summed E-state index contributed by atoms with van der Waals surface area (Å²) in [6.45, 7) is 2.07. The van der Waals surface area contributed by atoms with Crippen molar-refractivity contribution in [1.82, 2.24) is 5.32 Å². The number of rotatable bonds is 0. The molecule has 0 aromatic heterocycles. The number of hydrogen-bond donors (Lipinski definition) is 2. The predicted octanol–water partition coefficient (Wildman–Crippen LogP) is 2.17. The zero-order chi connectivity index (χ0) is 8.55. The number of hydrogen-bond acceptors (Lipinski definition) is 2. The third kappa shape index (κ3) is 1.34. The Labute approximate surface area is 78.0 Å². The summed E-state index contributed by atoms with van der Waals surface area (Å²) in [5.41, 5.74) is 2.50. The molecule has 12 heavy (non-hydrogen) atoms. The van der Waals surface area contributed by atoms with Crippen molar-refractivity contribution >= 4 is 12.6 Å². The van der Waals surface area contributed by atoms with E-state index in [1.165, 1.54) is 11.3 Å². The van der Waals surface area contributed by atoms with Crippen LogP contribution < -0.4 is 5.32 Å². The maximum absolute atomic E-state index is 4.29. The average Bonchev–Trinajstić information content (AvgIpc) is 2.05. The van der Waals surface area contributed by atoms with Gasteiger partial charge in [-0.05, 0) is 24.6 Å². The van der Waals surface area contributed by atoms with Crippen molar-refractivity contribution in [2.45, 2.75) is 13.0 Å². The van der Waals surface area contributed by atoms with Crippen LogP contribution in [0.15, 0.2) is 46.6 Å². The third-order valence-corrected chi connectivity index (χ3v) is 2.32. The van der Waals surface area contributed by atoms with Crippen LogP contribution in [0.3, 0.4) is 0 Å². The molecule has 0 bridgehead atoms. The Balaban J connectivity index is 2.35. The molecule has 1 aliphatic heterocycles. The zero-order valence-electron chi connectivity index (χ0n) is 6.91. The van der Waals surface area contributed by atoms with Crippen molar-refractivity contribution in [2.24, 2.45) is 0 Å². The third-order valence-electron chi connectivity index (χ3n) is 2.04. The molecule has 2 heteroatoms. The van der Waals surface area contributed by atoms with Crippen LogP contribution in [0.5, 0.6) is 0 Å². The van der Waals surface area contributed by atoms with Crippen LogP contribution in [-0.2, 0) is 0 Å². The normalized spacial score (nSPS) is 26.5. The molecule has 0 aromatic rings. The van der Waals surface area contributed by atoms with Gasteiger partial charge in [0.1, 0.15) is 0 Å². The van der Waals surface area contributed by atoms with Gasteiger partial charge in [0.05, 0.1) is 6.04 Å². The molecule has 1 atom stereocenters. The Morgan fingerprint density at radius 1 is 1.42 bits per heavy atom. The van der Waals surface area contributed by atoms with Gasteiger partial charge in [-0.2, -0.15) is 0 Å². The first kappa shape index (κ1) is 7.74. The van der Waals surface area contributed by atoms with Gasteiger partial charge in [-0.3, -0.25) is 0 Å². The molecule has 0 radical (unpaired) electrons. The minimum Gasteiger partial charge on any atom is -0.378 e. The highest BCUT2D eigenvalue weighted by Gasteiger charge is 2.14. The van der Waals surface area contributed by atoms with Gasteiger partial charge in [-0.1, -0.05) is 18.2 Å². The van der Waals surface area contributed by atoms with E-state index in [0.717, 1.165) is 4.91 Å². The highest BCUT2D eigenvalue weighted by atomic mass is 32.1. The van der Waals surface area contributed by atoms with Crippen molar-refractivity contribution in [3.63, 3.8) is 0 Å². The standard InChI is InChI=1S/C10H11NS/c1-7-2-3-8-6-9(12)4-5-10(8)11-7/h2-6,10-12H,1H3. The van der Waals surface area contributed by atoms with Crippen molar-refractivity contribution in [2.75, 3.05) is 0 Å². The van der Waals surface area contributed by atoms with Crippen molar-refractivity contribution in [1.29, 1.82) is 0 Å². The molecule has 0 fully saturated rings. The first-order chi connectivity index (χ1) is 5.75. The highest BCUT2D eigenvalue weighted by Crippen LogP contribution is 2.21. The molecule has 0 aromatic carbocycles. The van der Waals surface area contributed by atoms with E-state index in [1.807, 2.05) is 6.08 Å². The topological polar surface area (TPSA) is 12.0 Å². The summed E-state index contributed by atoms with van der Waals surface area (Å²) in [6.07, 6.45) is 10.5. The molecular weight excluding hydrogens is 166 g/mol. The molecule has 0 amide bonds. The molecule has 2 aliphatic rings. The monoisotopic (exact) mass is 177 g/mol. The molecule has 62 valence electrons. The van der Waals surface area contributed by atoms with Crippen LogP contribution >= 0.6 is 12.6 Å². The number of dihydropyridines is 1. The zero-order valence-corrected chi connectivity index (χ0v) is 7.81. The van der Waals surface area contributed by atoms with Crippen molar-refractivity contribution < 1.29 is 0 Å². The van der Waals surface area contributed by atoms with Crippen molar-refractivity contribution in [3.8, 4) is 0 Å². The summed E-state index contributed by atoms with van der Waals surface area (Å²) >= 11 is 4.29. The molecular formula is C10H11NS. The first-order valence-corrected chi connectivity index (χ1v) is 4.44. The van der Waals surface area contributed by atoms with Gasteiger partial charge in [0.15, 0.2) is 0 Å². The van der Waals surface area contributed by atoms with E-state index in [0.29, 0.717) is 6.04 Å². The predicted molar refractivity (Wildman–Crippen MR) is 55.0 cm³/mol. The lowest BCUT2D eigenvalue weighted by Gasteiger charge is -2.24. The van der Waals surface area contributed by atoms with Gasteiger partial charge in [-0.25, -0.2) is 0 Å². The summed E-state index contributed by atoms with van der Waals surface area (Å²) < 4.78 is 0. The van der Waals surface area contributed by atoms with Gasteiger partial charge in [0.2, 0.25) is 0 Å². The smallest absolute Gasteiger partial charge is 0.0698 e. The van der Waals surface area contributed by atoms with Gasteiger partial charge >= 0.3 is 0 Å². The van der Waals surface area contributed by atoms with Crippen LogP contribution in [0.4, 0.5) is 0 Å². The Morgan fingerprint density at radius 2 is 2.25 bits per heavy atom. The minimum atomic E-state index is 0.353. The van der Waals surface area contributed by atoms with Gasteiger partial charge < -0.3 is 5.32 Å². The van der Waals surface area contributed by atoms with Gasteiger partial charge in [0, 0.05) is 10.6 Å². The Hall–Kier alpha value is -0.890. The van der Waals surface area contributed by atoms with Crippen LogP contribution in [0.1, 0.15) is 6.92 Å². The van der Waals surface area contributed by atoms with E-state index in [2.05, 4.69) is 49.2 Å². The largest absolute Gasteiger partial charge is 0.378 e. The minimum absolute atomic E-state index is 0.353. The van der Waals surface area contributed by atoms with E-state index in [4.69, 9.17) is 0 Å². The van der Waals surface area contributed by atoms with E-state index < -0.39 is 0 Å². The van der Waals surface area contributed by atoms with E-state index in [9.17, 15) is 0 Å². The lowest BCUT2D eigenvalue weighted by atomic mass is 9.98. The SMILES string of the molecule is CC1=CC=C2C=C(S)C=CC2N1. The van der Waals surface area contributed by atoms with Crippen LogP contribution in [0.25, 0.3) is 0 Å². The molecule has 1 aliphatic carbocycles. The lowest BCUT2D eigenvalue weighted by Crippen LogP contribution is -2.30. The van der Waals surface area contributed by atoms with E-state index >= 15 is 0 Å². The second-order valence-electron chi connectivity index (χ2n) is 3.07. The fraction of sp³-hybridized carbons (Fsp3) is 0.200. The molecule has 1 unspecified atom stereocenters. The molecule has 1 heterocycles. The summed E-state index contributed by atoms with van der Waals surface area (Å²) in [5.74, 6) is 0. The molecule has 1 N–H and O–H groups in total. The second kappa shape index (κ2) is 2.87. The summed E-state index contributed by atoms with van der Waals surface area (Å²) in [5, 5.41) is 3.37. The van der Waals surface area contributed by atoms with Crippen LogP contribution in [-0.4, -0.2) is 6.04 Å². The Morgan fingerprint density at radius 3 is 3.08 bits per heavy atom. The molecule has 2 rings (SSSR count). The van der Waals surface area contributed by atoms with E-state index in [-0.39, 0.29) is 0 Å². The number of nitrogens with one attached hydrogen (secondary N) is 1. The fourth-order valence-corrected chi connectivity index (χ4v) is 1.65. The fourth-order valence-electron chi connectivity index (χ4n) is 1.41. The van der Waals surface area contributed by atoms with Crippen LogP contribution in [0.2, 0.25) is 0 Å². The summed E-state index contributed by atoms with van der Waals surface area (Å²) in [6, 6.07) is 0.353. The number of fused-ring (bicyclic) bond motifs is 1. The van der Waals surface area contributed by atoms with Gasteiger partial charge in [0.25, 0.3) is 0 Å². The maximum atomic E-state index is 4.29. The lowest BCUT2D eigenvalue weighted by molar-refractivity contribution is 0.747. The summed E-state index contributed by atoms with van der Waals surface area (Å²) in [7, 11) is 0.